The van der Waals surface area contributed by atoms with Crippen LogP contribution in [0.1, 0.15) is 25.3 Å². The van der Waals surface area contributed by atoms with E-state index in [1.807, 2.05) is 29.0 Å². The normalized spacial score (nSPS) is 14.5. The van der Waals surface area contributed by atoms with Crippen LogP contribution in [0.4, 0.5) is 5.69 Å². The van der Waals surface area contributed by atoms with Gasteiger partial charge in [-0.2, -0.15) is 0 Å². The fourth-order valence-electron chi connectivity index (χ4n) is 2.74. The van der Waals surface area contributed by atoms with Crippen molar-refractivity contribution < 1.29 is 4.79 Å². The molecule has 0 bridgehead atoms. The number of likely N-dealkylation sites (N-methyl/N-ethyl adjacent to an activating group) is 1. The molecule has 2 rings (SSSR count). The summed E-state index contributed by atoms with van der Waals surface area (Å²) >= 11 is 6.35. The first kappa shape index (κ1) is 16.1. The van der Waals surface area contributed by atoms with Crippen LogP contribution in [0.25, 0.3) is 0 Å². The van der Waals surface area contributed by atoms with Gasteiger partial charge in [0.1, 0.15) is 0 Å². The molecule has 0 aromatic heterocycles. The molecule has 0 atom stereocenters. The average molecular weight is 310 g/mol. The molecular weight excluding hydrogens is 286 g/mol. The van der Waals surface area contributed by atoms with Gasteiger partial charge >= 0.3 is 0 Å². The second kappa shape index (κ2) is 7.66. The third-order valence-electron chi connectivity index (χ3n) is 3.85. The van der Waals surface area contributed by atoms with Gasteiger partial charge in [0.15, 0.2) is 0 Å². The molecule has 1 aliphatic heterocycles. The Morgan fingerprint density at radius 1 is 1.38 bits per heavy atom. The molecular formula is C16H24ClN3O. The van der Waals surface area contributed by atoms with Gasteiger partial charge in [0.2, 0.25) is 5.91 Å². The Morgan fingerprint density at radius 2 is 2.10 bits per heavy atom. The Kier molecular flexibility index (Phi) is 5.88. The largest absolute Gasteiger partial charge is 0.364 e. The van der Waals surface area contributed by atoms with Gasteiger partial charge in [-0.05, 0) is 31.0 Å². The zero-order chi connectivity index (χ0) is 15.2. The zero-order valence-corrected chi connectivity index (χ0v) is 13.6. The van der Waals surface area contributed by atoms with Crippen molar-refractivity contribution in [1.29, 1.82) is 0 Å². The molecule has 5 heteroatoms. The summed E-state index contributed by atoms with van der Waals surface area (Å²) < 4.78 is 0. The molecule has 1 heterocycles. The van der Waals surface area contributed by atoms with Crippen LogP contribution in [-0.4, -0.2) is 44.0 Å². The van der Waals surface area contributed by atoms with Gasteiger partial charge in [0.25, 0.3) is 0 Å². The van der Waals surface area contributed by atoms with Gasteiger partial charge < -0.3 is 15.1 Å². The van der Waals surface area contributed by atoms with Crippen molar-refractivity contribution in [2.24, 2.45) is 0 Å². The molecule has 0 aliphatic carbocycles. The first-order valence-electron chi connectivity index (χ1n) is 7.60. The highest BCUT2D eigenvalue weighted by atomic mass is 35.5. The second-order valence-corrected chi connectivity index (χ2v) is 5.88. The third-order valence-corrected chi connectivity index (χ3v) is 4.15. The SMILES string of the molecule is CCNCc1cccc(Cl)c1N(C)CC(=O)N1CCCC1. The molecule has 0 spiro atoms. The van der Waals surface area contributed by atoms with Crippen molar-refractivity contribution in [1.82, 2.24) is 10.2 Å². The van der Waals surface area contributed by atoms with Crippen LogP contribution in [0, 0.1) is 0 Å². The number of hydrogen-bond donors (Lipinski definition) is 1. The lowest BCUT2D eigenvalue weighted by atomic mass is 10.1. The average Bonchev–Trinajstić information content (AvgIpc) is 2.99. The number of amides is 1. The lowest BCUT2D eigenvalue weighted by molar-refractivity contribution is -0.128. The summed E-state index contributed by atoms with van der Waals surface area (Å²) in [6, 6.07) is 5.89. The minimum Gasteiger partial charge on any atom is -0.364 e. The number of nitrogens with one attached hydrogen (secondary N) is 1. The van der Waals surface area contributed by atoms with Gasteiger partial charge in [-0.3, -0.25) is 4.79 Å². The van der Waals surface area contributed by atoms with E-state index < -0.39 is 0 Å². The van der Waals surface area contributed by atoms with E-state index in [1.165, 1.54) is 0 Å². The zero-order valence-electron chi connectivity index (χ0n) is 12.9. The molecule has 1 saturated heterocycles. The Morgan fingerprint density at radius 3 is 2.76 bits per heavy atom. The predicted molar refractivity (Wildman–Crippen MR) is 87.9 cm³/mol. The second-order valence-electron chi connectivity index (χ2n) is 5.47. The maximum Gasteiger partial charge on any atom is 0.242 e. The van der Waals surface area contributed by atoms with Crippen molar-refractivity contribution in [2.75, 3.05) is 38.1 Å². The number of carbonyl (C=O) groups excluding carboxylic acids is 1. The Labute approximate surface area is 132 Å². The first-order chi connectivity index (χ1) is 10.1. The molecule has 1 N–H and O–H groups in total. The van der Waals surface area contributed by atoms with Crippen LogP contribution in [0.2, 0.25) is 5.02 Å². The molecule has 116 valence electrons. The van der Waals surface area contributed by atoms with Crippen LogP contribution in [-0.2, 0) is 11.3 Å². The highest BCUT2D eigenvalue weighted by molar-refractivity contribution is 6.33. The molecule has 1 aromatic carbocycles. The van der Waals surface area contributed by atoms with E-state index in [9.17, 15) is 4.79 Å². The molecule has 0 radical (unpaired) electrons. The number of benzene rings is 1. The smallest absolute Gasteiger partial charge is 0.242 e. The van der Waals surface area contributed by atoms with Gasteiger partial charge in [0, 0.05) is 26.7 Å². The van der Waals surface area contributed by atoms with Crippen molar-refractivity contribution >= 4 is 23.2 Å². The molecule has 1 fully saturated rings. The first-order valence-corrected chi connectivity index (χ1v) is 7.98. The van der Waals surface area contributed by atoms with Crippen LogP contribution >= 0.6 is 11.6 Å². The van der Waals surface area contributed by atoms with E-state index in [0.29, 0.717) is 11.6 Å². The minimum atomic E-state index is 0.185. The van der Waals surface area contributed by atoms with Crippen molar-refractivity contribution in [3.63, 3.8) is 0 Å². The van der Waals surface area contributed by atoms with Crippen LogP contribution in [0.5, 0.6) is 0 Å². The van der Waals surface area contributed by atoms with Crippen molar-refractivity contribution in [3.05, 3.63) is 28.8 Å². The maximum absolute atomic E-state index is 12.3. The highest BCUT2D eigenvalue weighted by Gasteiger charge is 2.21. The van der Waals surface area contributed by atoms with E-state index in [4.69, 9.17) is 11.6 Å². The molecule has 4 nitrogen and oxygen atoms in total. The Hall–Kier alpha value is -1.26. The summed E-state index contributed by atoms with van der Waals surface area (Å²) in [6.45, 7) is 5.89. The van der Waals surface area contributed by atoms with Gasteiger partial charge in [-0.1, -0.05) is 30.7 Å². The van der Waals surface area contributed by atoms with E-state index >= 15 is 0 Å². The van der Waals surface area contributed by atoms with Crippen LogP contribution < -0.4 is 10.2 Å². The number of nitrogens with zero attached hydrogens (tertiary/aromatic N) is 2. The molecule has 1 amide bonds. The van der Waals surface area contributed by atoms with Gasteiger partial charge in [-0.15, -0.1) is 0 Å². The number of halogens is 1. The molecule has 0 unspecified atom stereocenters. The molecule has 21 heavy (non-hydrogen) atoms. The summed E-state index contributed by atoms with van der Waals surface area (Å²) in [7, 11) is 1.94. The topological polar surface area (TPSA) is 35.6 Å². The maximum atomic E-state index is 12.3. The summed E-state index contributed by atoms with van der Waals surface area (Å²) in [4.78, 5) is 16.2. The fraction of sp³-hybridized carbons (Fsp3) is 0.562. The number of likely N-dealkylation sites (tertiary alicyclic amines) is 1. The van der Waals surface area contributed by atoms with Crippen LogP contribution in [0.15, 0.2) is 18.2 Å². The number of hydrogen-bond acceptors (Lipinski definition) is 3. The molecule has 1 aromatic rings. The van der Waals surface area contributed by atoms with Gasteiger partial charge in [0.05, 0.1) is 17.3 Å². The van der Waals surface area contributed by atoms with Crippen molar-refractivity contribution in [3.8, 4) is 0 Å². The van der Waals surface area contributed by atoms with Gasteiger partial charge in [-0.25, -0.2) is 0 Å². The number of anilines is 1. The quantitative estimate of drug-likeness (QED) is 0.877. The number of rotatable bonds is 6. The molecule has 1 aliphatic rings. The number of carbonyl (C=O) groups is 1. The summed E-state index contributed by atoms with van der Waals surface area (Å²) in [5.74, 6) is 0.185. The van der Waals surface area contributed by atoms with Crippen molar-refractivity contribution in [2.45, 2.75) is 26.3 Å². The van der Waals surface area contributed by atoms with Crippen LogP contribution in [0.3, 0.4) is 0 Å². The standard InChI is InChI=1S/C16H24ClN3O/c1-3-18-11-13-7-6-8-14(17)16(13)19(2)12-15(21)20-9-4-5-10-20/h6-8,18H,3-5,9-12H2,1-2H3. The third kappa shape index (κ3) is 4.11. The Balaban J connectivity index is 2.09. The lowest BCUT2D eigenvalue weighted by Gasteiger charge is -2.26. The Bertz CT molecular complexity index is 486. The van der Waals surface area contributed by atoms with E-state index in [1.54, 1.807) is 0 Å². The van der Waals surface area contributed by atoms with E-state index in [-0.39, 0.29) is 5.91 Å². The fourth-order valence-corrected chi connectivity index (χ4v) is 3.08. The highest BCUT2D eigenvalue weighted by Crippen LogP contribution is 2.29. The molecule has 0 saturated carbocycles. The summed E-state index contributed by atoms with van der Waals surface area (Å²) in [5.41, 5.74) is 2.08. The minimum absolute atomic E-state index is 0.185. The summed E-state index contributed by atoms with van der Waals surface area (Å²) in [6.07, 6.45) is 2.24. The number of para-hydroxylation sites is 1. The summed E-state index contributed by atoms with van der Waals surface area (Å²) in [5, 5.41) is 4.01. The van der Waals surface area contributed by atoms with E-state index in [2.05, 4.69) is 18.3 Å². The predicted octanol–water partition coefficient (Wildman–Crippen LogP) is 2.51. The lowest BCUT2D eigenvalue weighted by Crippen LogP contribution is -2.37. The monoisotopic (exact) mass is 309 g/mol. The van der Waals surface area contributed by atoms with E-state index in [0.717, 1.165) is 50.3 Å².